The maximum absolute atomic E-state index is 12.3. The minimum absolute atomic E-state index is 0.107. The largest absolute Gasteiger partial charge is 0.296 e. The molecule has 1 fully saturated rings. The molecule has 2 aromatic heterocycles. The number of rotatable bonds is 3. The van der Waals surface area contributed by atoms with E-state index in [2.05, 4.69) is 10.4 Å². The molecule has 2 amide bonds. The number of piperidine rings is 1. The summed E-state index contributed by atoms with van der Waals surface area (Å²) in [6.07, 6.45) is 4.10. The van der Waals surface area contributed by atoms with Gasteiger partial charge in [-0.25, -0.2) is 4.52 Å². The number of Topliss-reactive ketones (excluding diaryl/α,β-unsaturated/α-hetero) is 1. The first-order valence-corrected chi connectivity index (χ1v) is 6.44. The fourth-order valence-electron chi connectivity index (χ4n) is 2.42. The Kier molecular flexibility index (Phi) is 3.06. The fraction of sp³-hybridized carbons (Fsp3) is 0.286. The number of pyridine rings is 1. The van der Waals surface area contributed by atoms with E-state index in [0.717, 1.165) is 5.52 Å². The Morgan fingerprint density at radius 2 is 2.25 bits per heavy atom. The molecule has 0 aromatic carbocycles. The van der Waals surface area contributed by atoms with Gasteiger partial charge >= 0.3 is 0 Å². The van der Waals surface area contributed by atoms with E-state index in [1.54, 1.807) is 10.7 Å². The van der Waals surface area contributed by atoms with Gasteiger partial charge < -0.3 is 0 Å². The smallest absolute Gasteiger partial charge is 0.230 e. The molecule has 3 rings (SSSR count). The number of carbonyl (C=O) groups excluding carboxylic acids is 3. The molecule has 0 aliphatic carbocycles. The van der Waals surface area contributed by atoms with Crippen molar-refractivity contribution in [3.05, 3.63) is 36.2 Å². The first-order valence-electron chi connectivity index (χ1n) is 6.44. The Morgan fingerprint density at radius 3 is 3.05 bits per heavy atom. The molecule has 0 bridgehead atoms. The maximum Gasteiger partial charge on any atom is 0.230 e. The molecule has 1 aliphatic heterocycles. The van der Waals surface area contributed by atoms with Crippen LogP contribution in [0.4, 0.5) is 0 Å². The zero-order valence-corrected chi connectivity index (χ0v) is 10.7. The highest BCUT2D eigenvalue weighted by molar-refractivity contribution is 6.06. The monoisotopic (exact) mass is 271 g/mol. The van der Waals surface area contributed by atoms with Gasteiger partial charge in [-0.1, -0.05) is 6.07 Å². The van der Waals surface area contributed by atoms with Gasteiger partial charge in [0.2, 0.25) is 11.8 Å². The molecule has 1 aliphatic rings. The van der Waals surface area contributed by atoms with Gasteiger partial charge in [-0.15, -0.1) is 0 Å². The number of carbonyl (C=O) groups is 3. The summed E-state index contributed by atoms with van der Waals surface area (Å²) in [6.45, 7) is 0. The molecule has 0 unspecified atom stereocenters. The Labute approximate surface area is 114 Å². The summed E-state index contributed by atoms with van der Waals surface area (Å²) in [5.41, 5.74) is 1.24. The van der Waals surface area contributed by atoms with Crippen LogP contribution in [0, 0.1) is 5.92 Å². The first-order chi connectivity index (χ1) is 9.65. The molecular formula is C14H13N3O3. The van der Waals surface area contributed by atoms with E-state index in [1.165, 1.54) is 6.20 Å². The Balaban J connectivity index is 1.80. The Morgan fingerprint density at radius 1 is 1.40 bits per heavy atom. The van der Waals surface area contributed by atoms with Crippen molar-refractivity contribution in [1.82, 2.24) is 14.9 Å². The quantitative estimate of drug-likeness (QED) is 0.666. The van der Waals surface area contributed by atoms with Crippen LogP contribution in [0.15, 0.2) is 30.6 Å². The van der Waals surface area contributed by atoms with Crippen molar-refractivity contribution in [2.75, 3.05) is 0 Å². The third-order valence-corrected chi connectivity index (χ3v) is 3.51. The normalized spacial score (nSPS) is 19.1. The summed E-state index contributed by atoms with van der Waals surface area (Å²) in [6, 6.07) is 5.47. The molecule has 20 heavy (non-hydrogen) atoms. The van der Waals surface area contributed by atoms with Gasteiger partial charge in [0.05, 0.1) is 17.3 Å². The zero-order chi connectivity index (χ0) is 14.1. The van der Waals surface area contributed by atoms with E-state index >= 15 is 0 Å². The molecule has 1 saturated heterocycles. The second-order valence-electron chi connectivity index (χ2n) is 4.86. The molecule has 0 radical (unpaired) electrons. The molecule has 0 spiro atoms. The summed E-state index contributed by atoms with van der Waals surface area (Å²) in [4.78, 5) is 35.0. The summed E-state index contributed by atoms with van der Waals surface area (Å²) in [5.74, 6) is -1.18. The van der Waals surface area contributed by atoms with Gasteiger partial charge in [0.1, 0.15) is 0 Å². The van der Waals surface area contributed by atoms with Gasteiger partial charge in [0.25, 0.3) is 0 Å². The predicted molar refractivity (Wildman–Crippen MR) is 70.0 cm³/mol. The van der Waals surface area contributed by atoms with E-state index in [1.807, 2.05) is 18.2 Å². The van der Waals surface area contributed by atoms with Crippen molar-refractivity contribution < 1.29 is 14.4 Å². The Hall–Kier alpha value is -2.50. The molecule has 1 atom stereocenters. The number of imide groups is 1. The third-order valence-electron chi connectivity index (χ3n) is 3.51. The lowest BCUT2D eigenvalue weighted by atomic mass is 9.91. The number of nitrogens with zero attached hydrogens (tertiary/aromatic N) is 2. The number of hydrogen-bond donors (Lipinski definition) is 1. The number of fused-ring (bicyclic) bond motifs is 1. The molecule has 6 nitrogen and oxygen atoms in total. The average Bonchev–Trinajstić information content (AvgIpc) is 2.86. The molecular weight excluding hydrogens is 258 g/mol. The van der Waals surface area contributed by atoms with Gasteiger partial charge in [0, 0.05) is 25.0 Å². The van der Waals surface area contributed by atoms with Crippen LogP contribution in [0.2, 0.25) is 0 Å². The molecule has 6 heteroatoms. The predicted octanol–water partition coefficient (Wildman–Crippen LogP) is 0.960. The molecule has 0 saturated carbocycles. The van der Waals surface area contributed by atoms with E-state index < -0.39 is 5.92 Å². The van der Waals surface area contributed by atoms with Crippen LogP contribution in [-0.2, 0) is 9.59 Å². The summed E-state index contributed by atoms with van der Waals surface area (Å²) < 4.78 is 1.62. The van der Waals surface area contributed by atoms with Crippen LogP contribution in [0.5, 0.6) is 0 Å². The SMILES string of the molecule is O=C1CC[C@H](CC(=O)c2cnn3ccccc23)C(=O)N1. The average molecular weight is 271 g/mol. The van der Waals surface area contributed by atoms with E-state index in [0.29, 0.717) is 18.4 Å². The minimum atomic E-state index is -0.432. The lowest BCUT2D eigenvalue weighted by Crippen LogP contribution is -2.41. The second-order valence-corrected chi connectivity index (χ2v) is 4.86. The van der Waals surface area contributed by atoms with Crippen LogP contribution in [0.25, 0.3) is 5.52 Å². The van der Waals surface area contributed by atoms with Crippen molar-refractivity contribution in [3.63, 3.8) is 0 Å². The number of nitrogens with one attached hydrogen (secondary N) is 1. The van der Waals surface area contributed by atoms with Crippen molar-refractivity contribution in [2.45, 2.75) is 19.3 Å². The number of aromatic nitrogens is 2. The van der Waals surface area contributed by atoms with Gasteiger partial charge in [-0.2, -0.15) is 5.10 Å². The number of hydrogen-bond acceptors (Lipinski definition) is 4. The third kappa shape index (κ3) is 2.20. The molecule has 102 valence electrons. The molecule has 3 heterocycles. The lowest BCUT2D eigenvalue weighted by Gasteiger charge is -2.19. The highest BCUT2D eigenvalue weighted by Gasteiger charge is 2.29. The topological polar surface area (TPSA) is 80.5 Å². The van der Waals surface area contributed by atoms with Crippen LogP contribution >= 0.6 is 0 Å². The highest BCUT2D eigenvalue weighted by Crippen LogP contribution is 2.20. The number of ketones is 1. The maximum atomic E-state index is 12.3. The van der Waals surface area contributed by atoms with Gasteiger partial charge in [-0.05, 0) is 18.6 Å². The van der Waals surface area contributed by atoms with E-state index in [9.17, 15) is 14.4 Å². The van der Waals surface area contributed by atoms with Crippen LogP contribution in [-0.4, -0.2) is 27.2 Å². The first kappa shape index (κ1) is 12.5. The van der Waals surface area contributed by atoms with Crippen molar-refractivity contribution in [2.24, 2.45) is 5.92 Å². The zero-order valence-electron chi connectivity index (χ0n) is 10.7. The summed E-state index contributed by atoms with van der Waals surface area (Å²) >= 11 is 0. The fourth-order valence-corrected chi connectivity index (χ4v) is 2.42. The van der Waals surface area contributed by atoms with Crippen LogP contribution < -0.4 is 5.32 Å². The van der Waals surface area contributed by atoms with Crippen LogP contribution in [0.1, 0.15) is 29.6 Å². The standard InChI is InChI=1S/C14H13N3O3/c18-12(7-9-4-5-13(19)16-14(9)20)10-8-15-17-6-2-1-3-11(10)17/h1-3,6,8-9H,4-5,7H2,(H,16,19,20)/t9-/m1/s1. The number of amides is 2. The van der Waals surface area contributed by atoms with Crippen molar-refractivity contribution in [3.8, 4) is 0 Å². The lowest BCUT2D eigenvalue weighted by molar-refractivity contribution is -0.136. The van der Waals surface area contributed by atoms with Crippen LogP contribution in [0.3, 0.4) is 0 Å². The summed E-state index contributed by atoms with van der Waals surface area (Å²) in [5, 5.41) is 6.37. The molecule has 2 aromatic rings. The van der Waals surface area contributed by atoms with Crippen molar-refractivity contribution >= 4 is 23.1 Å². The Bertz CT molecular complexity index is 705. The van der Waals surface area contributed by atoms with Gasteiger partial charge in [0.15, 0.2) is 5.78 Å². The van der Waals surface area contributed by atoms with E-state index in [4.69, 9.17) is 0 Å². The second kappa shape index (κ2) is 4.88. The van der Waals surface area contributed by atoms with Crippen molar-refractivity contribution in [1.29, 1.82) is 0 Å². The highest BCUT2D eigenvalue weighted by atomic mass is 16.2. The summed E-state index contributed by atoms with van der Waals surface area (Å²) in [7, 11) is 0. The molecule has 1 N–H and O–H groups in total. The van der Waals surface area contributed by atoms with Gasteiger partial charge in [-0.3, -0.25) is 19.7 Å². The minimum Gasteiger partial charge on any atom is -0.296 e. The van der Waals surface area contributed by atoms with E-state index in [-0.39, 0.29) is 24.0 Å².